The van der Waals surface area contributed by atoms with E-state index in [9.17, 15) is 4.79 Å². The van der Waals surface area contributed by atoms with Crippen molar-refractivity contribution in [1.29, 1.82) is 0 Å². The van der Waals surface area contributed by atoms with Gasteiger partial charge >= 0.3 is 5.97 Å². The molecule has 1 heterocycles. The minimum absolute atomic E-state index is 0.0452. The number of carbonyl (C=O) groups is 1. The van der Waals surface area contributed by atoms with E-state index in [0.717, 1.165) is 44.6 Å². The van der Waals surface area contributed by atoms with Crippen molar-refractivity contribution in [2.24, 2.45) is 5.92 Å². The van der Waals surface area contributed by atoms with Gasteiger partial charge in [-0.25, -0.2) is 0 Å². The molecule has 1 atom stereocenters. The predicted molar refractivity (Wildman–Crippen MR) is 77.7 cm³/mol. The first-order chi connectivity index (χ1) is 9.79. The molecule has 0 aromatic heterocycles. The van der Waals surface area contributed by atoms with Crippen LogP contribution in [0.25, 0.3) is 0 Å². The van der Waals surface area contributed by atoms with Crippen LogP contribution in [0.1, 0.15) is 19.3 Å². The number of likely N-dealkylation sites (tertiary alicyclic amines) is 1. The van der Waals surface area contributed by atoms with E-state index in [1.54, 1.807) is 0 Å². The van der Waals surface area contributed by atoms with E-state index in [1.165, 1.54) is 7.11 Å². The molecule has 1 aromatic carbocycles. The summed E-state index contributed by atoms with van der Waals surface area (Å²) in [7, 11) is 1.47. The smallest absolute Gasteiger partial charge is 0.309 e. The SMILES string of the molecule is COC(=O)C1CCCN(CCCOc2ccccc2)C1. The Bertz CT molecular complexity index is 407. The predicted octanol–water partition coefficient (Wildman–Crippen LogP) is 2.34. The lowest BCUT2D eigenvalue weighted by atomic mass is 9.98. The van der Waals surface area contributed by atoms with Gasteiger partial charge in [-0.15, -0.1) is 0 Å². The van der Waals surface area contributed by atoms with Crippen LogP contribution in [0.4, 0.5) is 0 Å². The van der Waals surface area contributed by atoms with Crippen molar-refractivity contribution in [1.82, 2.24) is 4.90 Å². The van der Waals surface area contributed by atoms with E-state index in [0.29, 0.717) is 6.61 Å². The summed E-state index contributed by atoms with van der Waals surface area (Å²) in [4.78, 5) is 13.9. The third-order valence-electron chi connectivity index (χ3n) is 3.67. The number of benzene rings is 1. The molecule has 0 radical (unpaired) electrons. The Morgan fingerprint density at radius 3 is 2.90 bits per heavy atom. The van der Waals surface area contributed by atoms with Gasteiger partial charge in [-0.05, 0) is 37.9 Å². The van der Waals surface area contributed by atoms with E-state index >= 15 is 0 Å². The minimum atomic E-state index is -0.0739. The Hall–Kier alpha value is -1.55. The van der Waals surface area contributed by atoms with Crippen LogP contribution in [-0.2, 0) is 9.53 Å². The van der Waals surface area contributed by atoms with Gasteiger partial charge < -0.3 is 14.4 Å². The lowest BCUT2D eigenvalue weighted by Crippen LogP contribution is -2.39. The molecule has 0 saturated carbocycles. The zero-order chi connectivity index (χ0) is 14.2. The van der Waals surface area contributed by atoms with E-state index < -0.39 is 0 Å². The Labute approximate surface area is 120 Å². The lowest BCUT2D eigenvalue weighted by Gasteiger charge is -2.31. The molecular weight excluding hydrogens is 254 g/mol. The fourth-order valence-corrected chi connectivity index (χ4v) is 2.61. The molecule has 2 rings (SSSR count). The summed E-state index contributed by atoms with van der Waals surface area (Å²) in [5.74, 6) is 0.887. The summed E-state index contributed by atoms with van der Waals surface area (Å²) in [5.41, 5.74) is 0. The number of hydrogen-bond acceptors (Lipinski definition) is 4. The molecule has 1 aliphatic heterocycles. The summed E-state index contributed by atoms with van der Waals surface area (Å²) < 4.78 is 10.5. The van der Waals surface area contributed by atoms with E-state index in [4.69, 9.17) is 9.47 Å². The molecule has 1 aromatic rings. The number of hydrogen-bond donors (Lipinski definition) is 0. The number of para-hydroxylation sites is 1. The topological polar surface area (TPSA) is 38.8 Å². The van der Waals surface area contributed by atoms with Gasteiger partial charge in [-0.3, -0.25) is 4.79 Å². The molecule has 1 aliphatic rings. The second kappa shape index (κ2) is 7.90. The van der Waals surface area contributed by atoms with Crippen molar-refractivity contribution >= 4 is 5.97 Å². The molecule has 1 fully saturated rings. The van der Waals surface area contributed by atoms with Gasteiger partial charge in [0.2, 0.25) is 0 Å². The maximum atomic E-state index is 11.6. The quantitative estimate of drug-likeness (QED) is 0.591. The molecule has 110 valence electrons. The fraction of sp³-hybridized carbons (Fsp3) is 0.562. The number of nitrogens with zero attached hydrogens (tertiary/aromatic N) is 1. The number of ether oxygens (including phenoxy) is 2. The molecule has 20 heavy (non-hydrogen) atoms. The van der Waals surface area contributed by atoms with Gasteiger partial charge in [0.15, 0.2) is 0 Å². The number of esters is 1. The molecule has 0 amide bonds. The second-order valence-corrected chi connectivity index (χ2v) is 5.18. The molecule has 4 nitrogen and oxygen atoms in total. The molecule has 0 N–H and O–H groups in total. The highest BCUT2D eigenvalue weighted by atomic mass is 16.5. The summed E-state index contributed by atoms with van der Waals surface area (Å²) in [6, 6.07) is 9.86. The maximum Gasteiger partial charge on any atom is 0.309 e. The normalized spacial score (nSPS) is 19.6. The van der Waals surface area contributed by atoms with Gasteiger partial charge in [0.05, 0.1) is 19.6 Å². The van der Waals surface area contributed by atoms with Crippen LogP contribution in [0.5, 0.6) is 5.75 Å². The Balaban J connectivity index is 1.65. The molecule has 4 heteroatoms. The van der Waals surface area contributed by atoms with E-state index in [2.05, 4.69) is 4.90 Å². The highest BCUT2D eigenvalue weighted by molar-refractivity contribution is 5.72. The van der Waals surface area contributed by atoms with Crippen molar-refractivity contribution in [2.45, 2.75) is 19.3 Å². The molecule has 0 aliphatic carbocycles. The van der Waals surface area contributed by atoms with Gasteiger partial charge in [0.25, 0.3) is 0 Å². The number of rotatable bonds is 6. The Kier molecular flexibility index (Phi) is 5.87. The zero-order valence-corrected chi connectivity index (χ0v) is 12.1. The fourth-order valence-electron chi connectivity index (χ4n) is 2.61. The van der Waals surface area contributed by atoms with Gasteiger partial charge in [0.1, 0.15) is 5.75 Å². The van der Waals surface area contributed by atoms with Crippen LogP contribution in [-0.4, -0.2) is 44.2 Å². The maximum absolute atomic E-state index is 11.6. The van der Waals surface area contributed by atoms with Crippen LogP contribution in [0.2, 0.25) is 0 Å². The van der Waals surface area contributed by atoms with Gasteiger partial charge in [-0.1, -0.05) is 18.2 Å². The molecule has 1 saturated heterocycles. The Morgan fingerprint density at radius 2 is 2.15 bits per heavy atom. The number of piperidine rings is 1. The number of carbonyl (C=O) groups excluding carboxylic acids is 1. The third-order valence-corrected chi connectivity index (χ3v) is 3.67. The standard InChI is InChI=1S/C16H23NO3/c1-19-16(18)14-7-5-10-17(13-14)11-6-12-20-15-8-3-2-4-9-15/h2-4,8-9,14H,5-7,10-13H2,1H3. The van der Waals surface area contributed by atoms with Gasteiger partial charge in [0, 0.05) is 13.1 Å². The summed E-state index contributed by atoms with van der Waals surface area (Å²) >= 11 is 0. The Morgan fingerprint density at radius 1 is 1.35 bits per heavy atom. The second-order valence-electron chi connectivity index (χ2n) is 5.18. The first kappa shape index (κ1) is 14.9. The van der Waals surface area contributed by atoms with E-state index in [1.807, 2.05) is 30.3 Å². The summed E-state index contributed by atoms with van der Waals surface area (Å²) in [5, 5.41) is 0. The average molecular weight is 277 g/mol. The molecule has 0 bridgehead atoms. The van der Waals surface area contributed by atoms with E-state index in [-0.39, 0.29) is 11.9 Å². The monoisotopic (exact) mass is 277 g/mol. The van der Waals surface area contributed by atoms with Crippen molar-refractivity contribution < 1.29 is 14.3 Å². The van der Waals surface area contributed by atoms with Crippen molar-refractivity contribution in [3.05, 3.63) is 30.3 Å². The van der Waals surface area contributed by atoms with Crippen molar-refractivity contribution in [2.75, 3.05) is 33.4 Å². The largest absolute Gasteiger partial charge is 0.494 e. The number of methoxy groups -OCH3 is 1. The molecule has 1 unspecified atom stereocenters. The zero-order valence-electron chi connectivity index (χ0n) is 12.1. The van der Waals surface area contributed by atoms with Crippen LogP contribution in [0.15, 0.2) is 30.3 Å². The summed E-state index contributed by atoms with van der Waals surface area (Å²) in [6.07, 6.45) is 2.99. The van der Waals surface area contributed by atoms with Crippen LogP contribution >= 0.6 is 0 Å². The lowest BCUT2D eigenvalue weighted by molar-refractivity contribution is -0.147. The van der Waals surface area contributed by atoms with Gasteiger partial charge in [-0.2, -0.15) is 0 Å². The molecule has 0 spiro atoms. The van der Waals surface area contributed by atoms with Crippen LogP contribution in [0.3, 0.4) is 0 Å². The van der Waals surface area contributed by atoms with Crippen molar-refractivity contribution in [3.63, 3.8) is 0 Å². The highest BCUT2D eigenvalue weighted by Gasteiger charge is 2.25. The highest BCUT2D eigenvalue weighted by Crippen LogP contribution is 2.18. The third kappa shape index (κ3) is 4.53. The van der Waals surface area contributed by atoms with Crippen LogP contribution < -0.4 is 4.74 Å². The first-order valence-corrected chi connectivity index (χ1v) is 7.27. The first-order valence-electron chi connectivity index (χ1n) is 7.27. The summed E-state index contributed by atoms with van der Waals surface area (Å²) in [6.45, 7) is 3.57. The minimum Gasteiger partial charge on any atom is -0.494 e. The van der Waals surface area contributed by atoms with Crippen LogP contribution in [0, 0.1) is 5.92 Å². The average Bonchev–Trinajstić information content (AvgIpc) is 2.52. The molecular formula is C16H23NO3. The van der Waals surface area contributed by atoms with Crippen molar-refractivity contribution in [3.8, 4) is 5.75 Å².